The Bertz CT molecular complexity index is 1400. The van der Waals surface area contributed by atoms with Gasteiger partial charge in [0, 0.05) is 29.8 Å². The molecule has 2 heterocycles. The van der Waals surface area contributed by atoms with Crippen molar-refractivity contribution in [2.75, 3.05) is 14.2 Å². The Kier molecular flexibility index (Phi) is 7.04. The molecule has 0 atom stereocenters. The highest BCUT2D eigenvalue weighted by Gasteiger charge is 2.11. The number of ether oxygens (including phenoxy) is 1. The standard InChI is InChI=1S/C22H18N2O2.CH4O4S/c1-24-17(9-6-16-14-18(26-2)10-11-20(16)24)8-5-15-7-12-21(25)22-19(15)4-3-13-23-22;1-5-6(2,3)4/h3-14H,1-2H3;1H3,(H,2,3,4)/p+1. The van der Waals surface area contributed by atoms with Crippen LogP contribution >= 0.6 is 0 Å². The number of hydrogen-bond donors (Lipinski definition) is 2. The van der Waals surface area contributed by atoms with Crippen LogP contribution in [0.5, 0.6) is 11.5 Å². The topological polar surface area (TPSA) is 110 Å². The molecule has 0 bridgehead atoms. The van der Waals surface area contributed by atoms with Crippen LogP contribution in [0.4, 0.5) is 0 Å². The highest BCUT2D eigenvalue weighted by atomic mass is 32.3. The monoisotopic (exact) mass is 455 g/mol. The van der Waals surface area contributed by atoms with Crippen molar-refractivity contribution in [3.63, 3.8) is 0 Å². The van der Waals surface area contributed by atoms with Gasteiger partial charge in [0.25, 0.3) is 0 Å². The summed E-state index contributed by atoms with van der Waals surface area (Å²) >= 11 is 0. The number of aromatic hydroxyl groups is 1. The first-order valence-corrected chi connectivity index (χ1v) is 10.8. The van der Waals surface area contributed by atoms with Crippen LogP contribution in [0.3, 0.4) is 0 Å². The first-order chi connectivity index (χ1) is 15.2. The molecule has 0 radical (unpaired) electrons. The van der Waals surface area contributed by atoms with Gasteiger partial charge in [-0.1, -0.05) is 12.1 Å². The zero-order valence-corrected chi connectivity index (χ0v) is 18.6. The van der Waals surface area contributed by atoms with E-state index in [4.69, 9.17) is 9.29 Å². The third-order valence-corrected chi connectivity index (χ3v) is 5.26. The maximum Gasteiger partial charge on any atom is 0.397 e. The lowest BCUT2D eigenvalue weighted by Gasteiger charge is -2.04. The summed E-state index contributed by atoms with van der Waals surface area (Å²) in [6, 6.07) is 17.7. The second kappa shape index (κ2) is 9.73. The molecule has 0 amide bonds. The summed E-state index contributed by atoms with van der Waals surface area (Å²) in [7, 11) is 0.431. The minimum absolute atomic E-state index is 0.197. The van der Waals surface area contributed by atoms with Crippen molar-refractivity contribution in [3.8, 4) is 11.5 Å². The van der Waals surface area contributed by atoms with Crippen molar-refractivity contribution in [2.24, 2.45) is 7.05 Å². The van der Waals surface area contributed by atoms with Crippen LogP contribution in [-0.2, 0) is 21.6 Å². The van der Waals surface area contributed by atoms with Crippen LogP contribution in [0.15, 0.2) is 60.8 Å². The van der Waals surface area contributed by atoms with E-state index in [1.54, 1.807) is 19.4 Å². The molecule has 0 fully saturated rings. The number of pyridine rings is 2. The number of fused-ring (bicyclic) bond motifs is 2. The number of rotatable bonds is 4. The first-order valence-electron chi connectivity index (χ1n) is 9.48. The number of aromatic nitrogens is 2. The molecule has 32 heavy (non-hydrogen) atoms. The van der Waals surface area contributed by atoms with Crippen molar-refractivity contribution < 1.29 is 31.6 Å². The van der Waals surface area contributed by atoms with Gasteiger partial charge in [-0.05, 0) is 42.0 Å². The molecular weight excluding hydrogens is 432 g/mol. The number of phenolic OH excluding ortho intramolecular Hbond substituents is 1. The molecule has 0 aliphatic rings. The molecule has 2 aromatic heterocycles. The molecule has 0 unspecified atom stereocenters. The highest BCUT2D eigenvalue weighted by molar-refractivity contribution is 7.80. The van der Waals surface area contributed by atoms with E-state index < -0.39 is 10.4 Å². The number of benzene rings is 2. The van der Waals surface area contributed by atoms with E-state index in [-0.39, 0.29) is 5.75 Å². The van der Waals surface area contributed by atoms with Gasteiger partial charge in [0.1, 0.15) is 24.1 Å². The Balaban J connectivity index is 0.000000427. The molecule has 166 valence electrons. The normalized spacial score (nSPS) is 11.5. The second-order valence-electron chi connectivity index (χ2n) is 6.74. The van der Waals surface area contributed by atoms with Crippen LogP contribution in [-0.4, -0.2) is 37.3 Å². The van der Waals surface area contributed by atoms with E-state index in [2.05, 4.69) is 38.0 Å². The van der Waals surface area contributed by atoms with Gasteiger partial charge in [-0.3, -0.25) is 13.7 Å². The molecule has 2 N–H and O–H groups in total. The zero-order chi connectivity index (χ0) is 23.3. The Morgan fingerprint density at radius 2 is 1.78 bits per heavy atom. The fourth-order valence-corrected chi connectivity index (χ4v) is 3.19. The van der Waals surface area contributed by atoms with E-state index in [0.717, 1.165) is 40.4 Å². The van der Waals surface area contributed by atoms with E-state index in [1.165, 1.54) is 0 Å². The maximum absolute atomic E-state index is 9.99. The molecule has 4 rings (SSSR count). The summed E-state index contributed by atoms with van der Waals surface area (Å²) in [6.45, 7) is 0. The Labute approximate surface area is 186 Å². The molecule has 0 aliphatic carbocycles. The average Bonchev–Trinajstić information content (AvgIpc) is 2.79. The van der Waals surface area contributed by atoms with Gasteiger partial charge in [0.2, 0.25) is 11.2 Å². The van der Waals surface area contributed by atoms with Gasteiger partial charge in [-0.15, -0.1) is 0 Å². The van der Waals surface area contributed by atoms with Crippen molar-refractivity contribution in [2.45, 2.75) is 0 Å². The van der Waals surface area contributed by atoms with Crippen molar-refractivity contribution in [1.29, 1.82) is 0 Å². The number of hydrogen-bond acceptors (Lipinski definition) is 6. The van der Waals surface area contributed by atoms with Gasteiger partial charge in [0.05, 0.1) is 19.6 Å². The Morgan fingerprint density at radius 3 is 2.47 bits per heavy atom. The molecule has 0 saturated heterocycles. The van der Waals surface area contributed by atoms with Gasteiger partial charge >= 0.3 is 10.4 Å². The summed E-state index contributed by atoms with van der Waals surface area (Å²) < 4.78 is 37.2. The predicted molar refractivity (Wildman–Crippen MR) is 123 cm³/mol. The molecule has 8 nitrogen and oxygen atoms in total. The zero-order valence-electron chi connectivity index (χ0n) is 17.8. The lowest BCUT2D eigenvalue weighted by molar-refractivity contribution is -0.646. The van der Waals surface area contributed by atoms with Crippen LogP contribution in [0, 0.1) is 0 Å². The minimum Gasteiger partial charge on any atom is -0.506 e. The van der Waals surface area contributed by atoms with Crippen molar-refractivity contribution >= 4 is 44.4 Å². The van der Waals surface area contributed by atoms with Crippen LogP contribution in [0.25, 0.3) is 34.0 Å². The summed E-state index contributed by atoms with van der Waals surface area (Å²) in [5.41, 5.74) is 3.84. The quantitative estimate of drug-likeness (QED) is 0.358. The summed E-state index contributed by atoms with van der Waals surface area (Å²) in [4.78, 5) is 4.27. The van der Waals surface area contributed by atoms with Crippen LogP contribution in [0.2, 0.25) is 0 Å². The second-order valence-corrected chi connectivity index (χ2v) is 7.93. The lowest BCUT2D eigenvalue weighted by Crippen LogP contribution is -2.32. The van der Waals surface area contributed by atoms with Crippen LogP contribution in [0.1, 0.15) is 11.3 Å². The van der Waals surface area contributed by atoms with E-state index in [1.807, 2.05) is 43.5 Å². The average molecular weight is 456 g/mol. The number of aryl methyl sites for hydroxylation is 1. The number of methoxy groups -OCH3 is 1. The minimum atomic E-state index is -4.16. The Morgan fingerprint density at radius 1 is 1.03 bits per heavy atom. The van der Waals surface area contributed by atoms with Gasteiger partial charge < -0.3 is 9.84 Å². The van der Waals surface area contributed by atoms with Gasteiger partial charge in [0.15, 0.2) is 0 Å². The number of phenols is 1. The Hall–Kier alpha value is -3.53. The predicted octanol–water partition coefficient (Wildman–Crippen LogP) is 3.53. The van der Waals surface area contributed by atoms with E-state index in [9.17, 15) is 13.5 Å². The first kappa shape index (κ1) is 23.1. The SMILES string of the molecule is COS(=O)(=O)O.COc1ccc2c(ccc(/C=C/c3ccc(O)c4ncccc34)[n+]2C)c1. The van der Waals surface area contributed by atoms with Gasteiger partial charge in [-0.25, -0.2) is 0 Å². The molecular formula is C23H23N2O6S+. The summed E-state index contributed by atoms with van der Waals surface area (Å²) in [5.74, 6) is 1.05. The third kappa shape index (κ3) is 5.38. The lowest BCUT2D eigenvalue weighted by atomic mass is 10.1. The molecule has 4 aromatic rings. The molecule has 2 aromatic carbocycles. The largest absolute Gasteiger partial charge is 0.506 e. The molecule has 0 saturated carbocycles. The van der Waals surface area contributed by atoms with Crippen molar-refractivity contribution in [3.05, 3.63) is 72.1 Å². The van der Waals surface area contributed by atoms with E-state index in [0.29, 0.717) is 5.52 Å². The maximum atomic E-state index is 9.99. The molecule has 9 heteroatoms. The van der Waals surface area contributed by atoms with Gasteiger partial charge in [-0.2, -0.15) is 13.0 Å². The highest BCUT2D eigenvalue weighted by Crippen LogP contribution is 2.26. The smallest absolute Gasteiger partial charge is 0.397 e. The summed E-state index contributed by atoms with van der Waals surface area (Å²) in [5, 5.41) is 12.0. The van der Waals surface area contributed by atoms with E-state index >= 15 is 0 Å². The molecule has 0 aliphatic heterocycles. The fourth-order valence-electron chi connectivity index (χ4n) is 3.19. The number of nitrogens with zero attached hydrogens (tertiary/aromatic N) is 2. The summed E-state index contributed by atoms with van der Waals surface area (Å²) in [6.07, 6.45) is 5.81. The van der Waals surface area contributed by atoms with Crippen LogP contribution < -0.4 is 9.30 Å². The molecule has 0 spiro atoms. The third-order valence-electron chi connectivity index (χ3n) is 4.84. The van der Waals surface area contributed by atoms with Crippen molar-refractivity contribution in [1.82, 2.24) is 4.98 Å². The fraction of sp³-hybridized carbons (Fsp3) is 0.130.